The maximum Gasteiger partial charge on any atom is 0.226 e. The quantitative estimate of drug-likeness (QED) is 0.805. The number of aromatic amines is 1. The highest BCUT2D eigenvalue weighted by atomic mass is 15.2. The van der Waals surface area contributed by atoms with Gasteiger partial charge < -0.3 is 10.6 Å². The fourth-order valence-corrected chi connectivity index (χ4v) is 3.11. The highest BCUT2D eigenvalue weighted by Gasteiger charge is 2.32. The number of hydrogen-bond donors (Lipinski definition) is 3. The zero-order valence-corrected chi connectivity index (χ0v) is 13.0. The Morgan fingerprint density at radius 2 is 2.19 bits per heavy atom. The Hall–Kier alpha value is -1.85. The van der Waals surface area contributed by atoms with Crippen LogP contribution in [0.3, 0.4) is 0 Å². The van der Waals surface area contributed by atoms with Gasteiger partial charge in [0.25, 0.3) is 0 Å². The molecule has 1 saturated carbocycles. The largest absolute Gasteiger partial charge is 0.366 e. The summed E-state index contributed by atoms with van der Waals surface area (Å²) in [5.74, 6) is 1.52. The van der Waals surface area contributed by atoms with E-state index in [0.29, 0.717) is 12.0 Å². The number of nitrogens with zero attached hydrogens (tertiary/aromatic N) is 3. The molecule has 1 fully saturated rings. The SMILES string of the molecule is CCNc1nc(NC2CCCCC2(C)C)c2cn[nH]c2n1. The number of nitrogens with one attached hydrogen (secondary N) is 3. The molecule has 6 nitrogen and oxygen atoms in total. The van der Waals surface area contributed by atoms with Gasteiger partial charge in [-0.15, -0.1) is 0 Å². The van der Waals surface area contributed by atoms with Crippen molar-refractivity contribution in [2.24, 2.45) is 5.41 Å². The molecule has 0 spiro atoms. The van der Waals surface area contributed by atoms with Gasteiger partial charge in [-0.3, -0.25) is 5.10 Å². The van der Waals surface area contributed by atoms with Crippen LogP contribution in [0.4, 0.5) is 11.8 Å². The molecule has 0 aromatic carbocycles. The first-order valence-electron chi connectivity index (χ1n) is 7.81. The Morgan fingerprint density at radius 1 is 1.33 bits per heavy atom. The van der Waals surface area contributed by atoms with Gasteiger partial charge in [0.2, 0.25) is 5.95 Å². The molecule has 2 aromatic heterocycles. The van der Waals surface area contributed by atoms with E-state index in [-0.39, 0.29) is 5.41 Å². The molecular weight excluding hydrogens is 264 g/mol. The van der Waals surface area contributed by atoms with E-state index in [0.717, 1.165) is 23.4 Å². The second kappa shape index (κ2) is 5.50. The summed E-state index contributed by atoms with van der Waals surface area (Å²) in [4.78, 5) is 9.06. The first-order chi connectivity index (χ1) is 10.1. The molecule has 1 atom stereocenters. The van der Waals surface area contributed by atoms with Crippen LogP contribution in [0.2, 0.25) is 0 Å². The summed E-state index contributed by atoms with van der Waals surface area (Å²) < 4.78 is 0. The molecule has 1 aliphatic carbocycles. The van der Waals surface area contributed by atoms with Crippen LogP contribution < -0.4 is 10.6 Å². The number of hydrogen-bond acceptors (Lipinski definition) is 5. The van der Waals surface area contributed by atoms with Gasteiger partial charge in [0, 0.05) is 12.6 Å². The third-order valence-corrected chi connectivity index (χ3v) is 4.46. The van der Waals surface area contributed by atoms with Crippen molar-refractivity contribution < 1.29 is 0 Å². The predicted molar refractivity (Wildman–Crippen MR) is 85.5 cm³/mol. The summed E-state index contributed by atoms with van der Waals surface area (Å²) in [5, 5.41) is 14.8. The van der Waals surface area contributed by atoms with Crippen molar-refractivity contribution in [2.75, 3.05) is 17.2 Å². The van der Waals surface area contributed by atoms with Crippen molar-refractivity contribution in [1.82, 2.24) is 20.2 Å². The number of fused-ring (bicyclic) bond motifs is 1. The normalized spacial score (nSPS) is 21.4. The highest BCUT2D eigenvalue weighted by molar-refractivity contribution is 5.87. The summed E-state index contributed by atoms with van der Waals surface area (Å²) in [6.45, 7) is 7.51. The first kappa shape index (κ1) is 14.1. The zero-order valence-electron chi connectivity index (χ0n) is 13.0. The zero-order chi connectivity index (χ0) is 14.9. The van der Waals surface area contributed by atoms with E-state index in [1.165, 1.54) is 25.7 Å². The number of anilines is 2. The van der Waals surface area contributed by atoms with Crippen molar-refractivity contribution >= 4 is 22.8 Å². The third-order valence-electron chi connectivity index (χ3n) is 4.46. The predicted octanol–water partition coefficient (Wildman–Crippen LogP) is 3.17. The van der Waals surface area contributed by atoms with Gasteiger partial charge in [0.05, 0.1) is 11.6 Å². The van der Waals surface area contributed by atoms with Gasteiger partial charge in [-0.2, -0.15) is 15.1 Å². The molecular formula is C15H24N6. The molecule has 114 valence electrons. The molecule has 0 bridgehead atoms. The fourth-order valence-electron chi connectivity index (χ4n) is 3.11. The molecule has 0 saturated heterocycles. The van der Waals surface area contributed by atoms with Crippen LogP contribution in [0.15, 0.2) is 6.20 Å². The molecule has 0 aliphatic heterocycles. The van der Waals surface area contributed by atoms with E-state index in [2.05, 4.69) is 44.6 Å². The average molecular weight is 288 g/mol. The molecule has 2 aromatic rings. The molecule has 6 heteroatoms. The molecule has 3 rings (SSSR count). The van der Waals surface area contributed by atoms with Crippen LogP contribution in [0.25, 0.3) is 11.0 Å². The van der Waals surface area contributed by atoms with Crippen LogP contribution in [-0.2, 0) is 0 Å². The topological polar surface area (TPSA) is 78.5 Å². The highest BCUT2D eigenvalue weighted by Crippen LogP contribution is 2.37. The first-order valence-corrected chi connectivity index (χ1v) is 7.81. The lowest BCUT2D eigenvalue weighted by atomic mass is 9.73. The minimum Gasteiger partial charge on any atom is -0.366 e. The van der Waals surface area contributed by atoms with Crippen molar-refractivity contribution in [2.45, 2.75) is 52.5 Å². The number of rotatable bonds is 4. The van der Waals surface area contributed by atoms with Gasteiger partial charge in [0.1, 0.15) is 5.82 Å². The lowest BCUT2D eigenvalue weighted by Gasteiger charge is -2.39. The molecule has 1 unspecified atom stereocenters. The lowest BCUT2D eigenvalue weighted by molar-refractivity contribution is 0.217. The van der Waals surface area contributed by atoms with Crippen LogP contribution in [0, 0.1) is 5.41 Å². The van der Waals surface area contributed by atoms with Gasteiger partial charge >= 0.3 is 0 Å². The Bertz CT molecular complexity index is 618. The van der Waals surface area contributed by atoms with Crippen molar-refractivity contribution in [1.29, 1.82) is 0 Å². The summed E-state index contributed by atoms with van der Waals surface area (Å²) in [7, 11) is 0. The summed E-state index contributed by atoms with van der Waals surface area (Å²) >= 11 is 0. The molecule has 3 N–H and O–H groups in total. The molecule has 0 radical (unpaired) electrons. The van der Waals surface area contributed by atoms with E-state index in [1.54, 1.807) is 6.20 Å². The van der Waals surface area contributed by atoms with E-state index in [1.807, 2.05) is 6.92 Å². The van der Waals surface area contributed by atoms with Gasteiger partial charge in [-0.05, 0) is 25.2 Å². The Kier molecular flexibility index (Phi) is 3.69. The van der Waals surface area contributed by atoms with E-state index in [4.69, 9.17) is 0 Å². The number of H-pyrrole nitrogens is 1. The van der Waals surface area contributed by atoms with Gasteiger partial charge in [0.15, 0.2) is 5.65 Å². The smallest absolute Gasteiger partial charge is 0.226 e. The average Bonchev–Trinajstić information content (AvgIpc) is 2.90. The summed E-state index contributed by atoms with van der Waals surface area (Å²) in [5.41, 5.74) is 1.06. The fraction of sp³-hybridized carbons (Fsp3) is 0.667. The maximum atomic E-state index is 4.63. The Balaban J connectivity index is 1.93. The van der Waals surface area contributed by atoms with E-state index < -0.39 is 0 Å². The van der Waals surface area contributed by atoms with Gasteiger partial charge in [-0.1, -0.05) is 26.7 Å². The molecule has 2 heterocycles. The van der Waals surface area contributed by atoms with Crippen LogP contribution in [0.5, 0.6) is 0 Å². The third kappa shape index (κ3) is 2.80. The Labute approximate surface area is 125 Å². The second-order valence-corrected chi connectivity index (χ2v) is 6.49. The lowest BCUT2D eigenvalue weighted by Crippen LogP contribution is -2.39. The summed E-state index contributed by atoms with van der Waals surface area (Å²) in [6.07, 6.45) is 6.83. The van der Waals surface area contributed by atoms with Crippen LogP contribution in [0.1, 0.15) is 46.5 Å². The monoisotopic (exact) mass is 288 g/mol. The second-order valence-electron chi connectivity index (χ2n) is 6.49. The minimum atomic E-state index is 0.289. The van der Waals surface area contributed by atoms with Gasteiger partial charge in [-0.25, -0.2) is 0 Å². The van der Waals surface area contributed by atoms with Crippen molar-refractivity contribution in [3.8, 4) is 0 Å². The molecule has 1 aliphatic rings. The molecule has 0 amide bonds. The maximum absolute atomic E-state index is 4.63. The summed E-state index contributed by atoms with van der Waals surface area (Å²) in [6, 6.07) is 0.439. The van der Waals surface area contributed by atoms with Crippen LogP contribution in [-0.4, -0.2) is 32.8 Å². The van der Waals surface area contributed by atoms with E-state index in [9.17, 15) is 0 Å². The van der Waals surface area contributed by atoms with Crippen molar-refractivity contribution in [3.63, 3.8) is 0 Å². The number of aromatic nitrogens is 4. The molecule has 21 heavy (non-hydrogen) atoms. The van der Waals surface area contributed by atoms with Crippen molar-refractivity contribution in [3.05, 3.63) is 6.20 Å². The Morgan fingerprint density at radius 3 is 2.95 bits per heavy atom. The van der Waals surface area contributed by atoms with Crippen LogP contribution >= 0.6 is 0 Å². The van der Waals surface area contributed by atoms with E-state index >= 15 is 0 Å². The standard InChI is InChI=1S/C15H24N6/c1-4-16-14-19-12(10-9-17-21-13(10)20-14)18-11-7-5-6-8-15(11,2)3/h9,11H,4-8H2,1-3H3,(H3,16,17,18,19,20,21). The minimum absolute atomic E-state index is 0.289.